The highest BCUT2D eigenvalue weighted by atomic mass is 14.0. The number of hydrogen-bond donors (Lipinski definition) is 0. The standard InChI is InChI=1S/C15H32/c1-3-5-7-9-11-13-15-14-12-10-8-6-4-2/h3-15H2,1-2H3/i1T. The molecule has 0 aliphatic rings. The van der Waals surface area contributed by atoms with E-state index in [-0.39, 0.29) is 0 Å². The quantitative estimate of drug-likeness (QED) is 0.344. The van der Waals surface area contributed by atoms with E-state index in [2.05, 4.69) is 6.92 Å². The highest BCUT2D eigenvalue weighted by Gasteiger charge is 1.92. The Morgan fingerprint density at radius 1 is 0.533 bits per heavy atom. The van der Waals surface area contributed by atoms with Gasteiger partial charge in [0.2, 0.25) is 0 Å². The average molecular weight is 214 g/mol. The summed E-state index contributed by atoms with van der Waals surface area (Å²) < 4.78 is 7.04. The second-order valence-electron chi connectivity index (χ2n) is 4.74. The van der Waals surface area contributed by atoms with E-state index in [1.165, 1.54) is 77.0 Å². The molecule has 92 valence electrons. The fraction of sp³-hybridized carbons (Fsp3) is 1.00. The monoisotopic (exact) mass is 214 g/mol. The molecule has 0 N–H and O–H groups in total. The van der Waals surface area contributed by atoms with Gasteiger partial charge in [-0.25, -0.2) is 0 Å². The van der Waals surface area contributed by atoms with Crippen LogP contribution in [-0.2, 0) is 0 Å². The number of hydrogen-bond acceptors (Lipinski definition) is 0. The van der Waals surface area contributed by atoms with Crippen LogP contribution in [0.5, 0.6) is 0 Å². The van der Waals surface area contributed by atoms with Crippen LogP contribution < -0.4 is 0 Å². The molecule has 0 nitrogen and oxygen atoms in total. The maximum Gasteiger partial charge on any atom is 0.0230 e. The molecule has 0 atom stereocenters. The lowest BCUT2D eigenvalue weighted by Crippen LogP contribution is -1.82. The summed E-state index contributed by atoms with van der Waals surface area (Å²) in [5, 5.41) is 0. The van der Waals surface area contributed by atoms with Crippen LogP contribution in [0.25, 0.3) is 0 Å². The molecule has 0 heteroatoms. The summed E-state index contributed by atoms with van der Waals surface area (Å²) in [5.41, 5.74) is 0. The van der Waals surface area contributed by atoms with Crippen molar-refractivity contribution in [2.45, 2.75) is 97.3 Å². The molecular weight excluding hydrogens is 180 g/mol. The van der Waals surface area contributed by atoms with Crippen molar-refractivity contribution in [1.29, 1.82) is 0 Å². The third kappa shape index (κ3) is 14.0. The molecule has 0 fully saturated rings. The van der Waals surface area contributed by atoms with Crippen molar-refractivity contribution >= 4 is 0 Å². The minimum atomic E-state index is 0.623. The van der Waals surface area contributed by atoms with Crippen LogP contribution in [0.1, 0.15) is 98.7 Å². The number of rotatable bonds is 12. The molecule has 0 spiro atoms. The smallest absolute Gasteiger partial charge is 0.0230 e. The third-order valence-electron chi connectivity index (χ3n) is 3.10. The van der Waals surface area contributed by atoms with Crippen LogP contribution in [0.15, 0.2) is 0 Å². The maximum atomic E-state index is 7.04. The lowest BCUT2D eigenvalue weighted by molar-refractivity contribution is 0.542. The van der Waals surface area contributed by atoms with Crippen LogP contribution >= 0.6 is 0 Å². The molecule has 0 saturated carbocycles. The summed E-state index contributed by atoms with van der Waals surface area (Å²) in [6, 6.07) is 0. The van der Waals surface area contributed by atoms with Gasteiger partial charge in [0, 0.05) is 1.37 Å². The first-order chi connectivity index (χ1) is 7.91. The molecule has 0 unspecified atom stereocenters. The normalized spacial score (nSPS) is 11.7. The van der Waals surface area contributed by atoms with Crippen LogP contribution in [0.4, 0.5) is 0 Å². The van der Waals surface area contributed by atoms with Crippen molar-refractivity contribution in [2.24, 2.45) is 0 Å². The van der Waals surface area contributed by atoms with Gasteiger partial charge >= 0.3 is 0 Å². The third-order valence-corrected chi connectivity index (χ3v) is 3.10. The van der Waals surface area contributed by atoms with Gasteiger partial charge < -0.3 is 0 Å². The molecule has 0 aliphatic carbocycles. The molecular formula is C15H32. The van der Waals surface area contributed by atoms with Gasteiger partial charge in [-0.2, -0.15) is 0 Å². The first-order valence-corrected chi connectivity index (χ1v) is 7.21. The van der Waals surface area contributed by atoms with E-state index in [0.717, 1.165) is 6.42 Å². The Bertz CT molecular complexity index is 98.0. The van der Waals surface area contributed by atoms with Gasteiger partial charge in [0.25, 0.3) is 0 Å². The van der Waals surface area contributed by atoms with Crippen LogP contribution in [0, 0.1) is 0 Å². The lowest BCUT2D eigenvalue weighted by atomic mass is 10.1. The Kier molecular flexibility index (Phi) is 12.2. The summed E-state index contributed by atoms with van der Waals surface area (Å²) in [4.78, 5) is 0. The van der Waals surface area contributed by atoms with Crippen molar-refractivity contribution in [1.82, 2.24) is 0 Å². The van der Waals surface area contributed by atoms with E-state index < -0.39 is 0 Å². The van der Waals surface area contributed by atoms with Crippen molar-refractivity contribution in [3.05, 3.63) is 0 Å². The van der Waals surface area contributed by atoms with E-state index >= 15 is 0 Å². The number of unbranched alkanes of at least 4 members (excludes halogenated alkanes) is 12. The Morgan fingerprint density at radius 2 is 0.867 bits per heavy atom. The SMILES string of the molecule is [3H]CCCCCCCCCCCCCCC. The fourth-order valence-electron chi connectivity index (χ4n) is 2.02. The molecule has 0 aromatic carbocycles. The first-order valence-electron chi connectivity index (χ1n) is 7.91. The molecule has 0 amide bonds. The molecule has 0 saturated heterocycles. The van der Waals surface area contributed by atoms with Gasteiger partial charge in [-0.1, -0.05) is 97.3 Å². The largest absolute Gasteiger partial charge is 0.0654 e. The summed E-state index contributed by atoms with van der Waals surface area (Å²) in [7, 11) is 0. The van der Waals surface area contributed by atoms with Gasteiger partial charge in [-0.15, -0.1) is 0 Å². The van der Waals surface area contributed by atoms with Crippen molar-refractivity contribution in [3.8, 4) is 0 Å². The first kappa shape index (κ1) is 13.1. The van der Waals surface area contributed by atoms with Gasteiger partial charge in [-0.3, -0.25) is 0 Å². The average Bonchev–Trinajstić information content (AvgIpc) is 2.31. The van der Waals surface area contributed by atoms with E-state index in [1.54, 1.807) is 0 Å². The summed E-state index contributed by atoms with van der Waals surface area (Å²) in [6.07, 6.45) is 18.1. The molecule has 0 aromatic heterocycles. The molecule has 0 rings (SSSR count). The van der Waals surface area contributed by atoms with Crippen molar-refractivity contribution < 1.29 is 1.37 Å². The molecule has 0 radical (unpaired) electrons. The Labute approximate surface area is 99.3 Å². The Hall–Kier alpha value is 0. The Morgan fingerprint density at radius 3 is 1.20 bits per heavy atom. The molecule has 15 heavy (non-hydrogen) atoms. The molecule has 0 aliphatic heterocycles. The maximum absolute atomic E-state index is 7.04. The van der Waals surface area contributed by atoms with Crippen LogP contribution in [-0.4, -0.2) is 0 Å². The second kappa shape index (κ2) is 14.0. The summed E-state index contributed by atoms with van der Waals surface area (Å²) >= 11 is 0. The molecule has 0 heterocycles. The van der Waals surface area contributed by atoms with E-state index in [0.29, 0.717) is 6.90 Å². The van der Waals surface area contributed by atoms with E-state index in [1.807, 2.05) is 0 Å². The van der Waals surface area contributed by atoms with Gasteiger partial charge in [-0.05, 0) is 0 Å². The predicted octanol–water partition coefficient (Wildman–Crippen LogP) is 6.10. The second-order valence-corrected chi connectivity index (χ2v) is 4.74. The summed E-state index contributed by atoms with van der Waals surface area (Å²) in [6.45, 7) is 2.90. The molecule has 0 aromatic rings. The zero-order chi connectivity index (χ0) is 11.9. The highest BCUT2D eigenvalue weighted by Crippen LogP contribution is 2.12. The van der Waals surface area contributed by atoms with E-state index in [4.69, 9.17) is 1.37 Å². The van der Waals surface area contributed by atoms with Crippen molar-refractivity contribution in [2.75, 3.05) is 0 Å². The van der Waals surface area contributed by atoms with E-state index in [9.17, 15) is 0 Å². The Balaban J connectivity index is 2.83. The van der Waals surface area contributed by atoms with Gasteiger partial charge in [0.15, 0.2) is 0 Å². The minimum Gasteiger partial charge on any atom is -0.0654 e. The van der Waals surface area contributed by atoms with Crippen molar-refractivity contribution in [3.63, 3.8) is 0 Å². The highest BCUT2D eigenvalue weighted by molar-refractivity contribution is 4.47. The van der Waals surface area contributed by atoms with Crippen LogP contribution in [0.2, 0.25) is 0 Å². The zero-order valence-corrected chi connectivity index (χ0v) is 10.9. The fourth-order valence-corrected chi connectivity index (χ4v) is 2.02. The zero-order valence-electron chi connectivity index (χ0n) is 11.9. The topological polar surface area (TPSA) is 0 Å². The van der Waals surface area contributed by atoms with Crippen LogP contribution in [0.3, 0.4) is 0 Å². The van der Waals surface area contributed by atoms with Gasteiger partial charge in [0.05, 0.1) is 0 Å². The lowest BCUT2D eigenvalue weighted by Gasteiger charge is -2.01. The molecule has 0 bridgehead atoms. The predicted molar refractivity (Wildman–Crippen MR) is 71.4 cm³/mol. The van der Waals surface area contributed by atoms with Gasteiger partial charge in [0.1, 0.15) is 0 Å². The summed E-state index contributed by atoms with van der Waals surface area (Å²) in [5.74, 6) is 0. The minimum absolute atomic E-state index is 0.623.